The van der Waals surface area contributed by atoms with E-state index < -0.39 is 0 Å². The van der Waals surface area contributed by atoms with E-state index in [0.29, 0.717) is 24.7 Å². The Balaban J connectivity index is 1.73. The highest BCUT2D eigenvalue weighted by Crippen LogP contribution is 2.16. The number of hydrogen-bond donors (Lipinski definition) is 1. The van der Waals surface area contributed by atoms with Crippen molar-refractivity contribution in [3.63, 3.8) is 0 Å². The number of benzene rings is 1. The van der Waals surface area contributed by atoms with Crippen LogP contribution in [-0.2, 0) is 16.0 Å². The molecule has 4 nitrogen and oxygen atoms in total. The SMILES string of the molecule is CC(=O)N1CCC(C(=O)NCCc2ccc(Cl)cc2)C1. The van der Waals surface area contributed by atoms with E-state index in [1.54, 1.807) is 11.8 Å². The maximum absolute atomic E-state index is 12.0. The fourth-order valence-electron chi connectivity index (χ4n) is 2.39. The van der Waals surface area contributed by atoms with Crippen LogP contribution in [0.1, 0.15) is 18.9 Å². The molecule has 0 spiro atoms. The van der Waals surface area contributed by atoms with Gasteiger partial charge in [-0.2, -0.15) is 0 Å². The minimum Gasteiger partial charge on any atom is -0.355 e. The van der Waals surface area contributed by atoms with E-state index in [1.807, 2.05) is 24.3 Å². The van der Waals surface area contributed by atoms with Gasteiger partial charge in [-0.15, -0.1) is 0 Å². The molecule has 108 valence electrons. The van der Waals surface area contributed by atoms with E-state index in [9.17, 15) is 9.59 Å². The van der Waals surface area contributed by atoms with Gasteiger partial charge < -0.3 is 10.2 Å². The summed E-state index contributed by atoms with van der Waals surface area (Å²) in [6.07, 6.45) is 1.54. The number of nitrogens with zero attached hydrogens (tertiary/aromatic N) is 1. The molecule has 0 saturated carbocycles. The van der Waals surface area contributed by atoms with Crippen LogP contribution in [0.4, 0.5) is 0 Å². The van der Waals surface area contributed by atoms with Gasteiger partial charge in [0.05, 0.1) is 5.92 Å². The number of nitrogens with one attached hydrogen (secondary N) is 1. The summed E-state index contributed by atoms with van der Waals surface area (Å²) in [5, 5.41) is 3.65. The van der Waals surface area contributed by atoms with Crippen molar-refractivity contribution in [2.75, 3.05) is 19.6 Å². The zero-order valence-electron chi connectivity index (χ0n) is 11.6. The molecule has 1 N–H and O–H groups in total. The smallest absolute Gasteiger partial charge is 0.224 e. The summed E-state index contributed by atoms with van der Waals surface area (Å²) in [5.41, 5.74) is 1.14. The molecule has 2 amide bonds. The second kappa shape index (κ2) is 6.75. The van der Waals surface area contributed by atoms with Gasteiger partial charge in [0, 0.05) is 31.6 Å². The summed E-state index contributed by atoms with van der Waals surface area (Å²) in [7, 11) is 0. The second-order valence-electron chi connectivity index (χ2n) is 5.12. The van der Waals surface area contributed by atoms with Gasteiger partial charge in [0.2, 0.25) is 11.8 Å². The first kappa shape index (κ1) is 14.9. The van der Waals surface area contributed by atoms with Crippen molar-refractivity contribution in [2.24, 2.45) is 5.92 Å². The quantitative estimate of drug-likeness (QED) is 0.921. The van der Waals surface area contributed by atoms with Gasteiger partial charge in [-0.05, 0) is 30.5 Å². The first-order valence-electron chi connectivity index (χ1n) is 6.84. The predicted octanol–water partition coefficient (Wildman–Crippen LogP) is 1.87. The average molecular weight is 295 g/mol. The summed E-state index contributed by atoms with van der Waals surface area (Å²) >= 11 is 5.82. The maximum atomic E-state index is 12.0. The normalized spacial score (nSPS) is 18.1. The minimum absolute atomic E-state index is 0.0430. The van der Waals surface area contributed by atoms with Crippen LogP contribution >= 0.6 is 11.6 Å². The zero-order chi connectivity index (χ0) is 14.5. The summed E-state index contributed by atoms with van der Waals surface area (Å²) in [6.45, 7) is 3.38. The van der Waals surface area contributed by atoms with E-state index in [-0.39, 0.29) is 17.7 Å². The largest absolute Gasteiger partial charge is 0.355 e. The van der Waals surface area contributed by atoms with Gasteiger partial charge in [-0.25, -0.2) is 0 Å². The molecule has 1 aliphatic heterocycles. The third-order valence-electron chi connectivity index (χ3n) is 3.63. The number of halogens is 1. The lowest BCUT2D eigenvalue weighted by Gasteiger charge is -2.14. The van der Waals surface area contributed by atoms with Crippen molar-refractivity contribution in [1.29, 1.82) is 0 Å². The lowest BCUT2D eigenvalue weighted by atomic mass is 10.1. The Bertz CT molecular complexity index is 487. The molecular formula is C15H19ClN2O2. The number of hydrogen-bond acceptors (Lipinski definition) is 2. The van der Waals surface area contributed by atoms with E-state index in [1.165, 1.54) is 0 Å². The predicted molar refractivity (Wildman–Crippen MR) is 78.5 cm³/mol. The summed E-state index contributed by atoms with van der Waals surface area (Å²) in [6, 6.07) is 7.62. The van der Waals surface area contributed by atoms with Crippen molar-refractivity contribution >= 4 is 23.4 Å². The van der Waals surface area contributed by atoms with Crippen LogP contribution in [0, 0.1) is 5.92 Å². The fraction of sp³-hybridized carbons (Fsp3) is 0.467. The Morgan fingerprint density at radius 1 is 1.35 bits per heavy atom. The zero-order valence-corrected chi connectivity index (χ0v) is 12.3. The minimum atomic E-state index is -0.0656. The molecule has 1 saturated heterocycles. The fourth-order valence-corrected chi connectivity index (χ4v) is 2.51. The van der Waals surface area contributed by atoms with E-state index in [4.69, 9.17) is 11.6 Å². The van der Waals surface area contributed by atoms with E-state index in [0.717, 1.165) is 18.4 Å². The molecule has 0 aliphatic carbocycles. The van der Waals surface area contributed by atoms with Crippen molar-refractivity contribution < 1.29 is 9.59 Å². The Labute approximate surface area is 124 Å². The molecule has 20 heavy (non-hydrogen) atoms. The van der Waals surface area contributed by atoms with Crippen LogP contribution in [0.3, 0.4) is 0 Å². The van der Waals surface area contributed by atoms with Crippen molar-refractivity contribution in [3.8, 4) is 0 Å². The first-order chi connectivity index (χ1) is 9.56. The van der Waals surface area contributed by atoms with Crippen LogP contribution in [0.15, 0.2) is 24.3 Å². The van der Waals surface area contributed by atoms with Gasteiger partial charge in [-0.3, -0.25) is 9.59 Å². The molecule has 5 heteroatoms. The monoisotopic (exact) mass is 294 g/mol. The number of amides is 2. The maximum Gasteiger partial charge on any atom is 0.224 e. The van der Waals surface area contributed by atoms with Gasteiger partial charge in [0.1, 0.15) is 0 Å². The third kappa shape index (κ3) is 3.97. The van der Waals surface area contributed by atoms with Gasteiger partial charge in [0.15, 0.2) is 0 Å². The van der Waals surface area contributed by atoms with Crippen molar-refractivity contribution in [2.45, 2.75) is 19.8 Å². The molecule has 1 heterocycles. The summed E-state index contributed by atoms with van der Waals surface area (Å²) in [4.78, 5) is 24.9. The van der Waals surface area contributed by atoms with Crippen LogP contribution in [-0.4, -0.2) is 36.3 Å². The second-order valence-corrected chi connectivity index (χ2v) is 5.55. The Kier molecular flexibility index (Phi) is 5.01. The molecule has 1 atom stereocenters. The molecule has 0 radical (unpaired) electrons. The lowest BCUT2D eigenvalue weighted by Crippen LogP contribution is -2.34. The van der Waals surface area contributed by atoms with Crippen LogP contribution in [0.5, 0.6) is 0 Å². The number of rotatable bonds is 4. The summed E-state index contributed by atoms with van der Waals surface area (Å²) < 4.78 is 0. The molecular weight excluding hydrogens is 276 g/mol. The highest BCUT2D eigenvalue weighted by atomic mass is 35.5. The highest BCUT2D eigenvalue weighted by molar-refractivity contribution is 6.30. The topological polar surface area (TPSA) is 49.4 Å². The average Bonchev–Trinajstić information content (AvgIpc) is 2.91. The molecule has 0 bridgehead atoms. The summed E-state index contributed by atoms with van der Waals surface area (Å²) in [5.74, 6) is 0.0216. The van der Waals surface area contributed by atoms with Gasteiger partial charge in [-0.1, -0.05) is 23.7 Å². The molecule has 1 aromatic rings. The number of carbonyl (C=O) groups is 2. The van der Waals surface area contributed by atoms with Crippen molar-refractivity contribution in [1.82, 2.24) is 10.2 Å². The molecule has 1 unspecified atom stereocenters. The highest BCUT2D eigenvalue weighted by Gasteiger charge is 2.29. The van der Waals surface area contributed by atoms with Crippen molar-refractivity contribution in [3.05, 3.63) is 34.9 Å². The first-order valence-corrected chi connectivity index (χ1v) is 7.21. The molecule has 1 fully saturated rings. The van der Waals surface area contributed by atoms with Gasteiger partial charge in [0.25, 0.3) is 0 Å². The Morgan fingerprint density at radius 2 is 2.05 bits per heavy atom. The van der Waals surface area contributed by atoms with E-state index in [2.05, 4.69) is 5.32 Å². The Hall–Kier alpha value is -1.55. The van der Waals surface area contributed by atoms with Crippen LogP contribution < -0.4 is 5.32 Å². The Morgan fingerprint density at radius 3 is 2.65 bits per heavy atom. The standard InChI is InChI=1S/C15H19ClN2O2/c1-11(19)18-9-7-13(10-18)15(20)17-8-6-12-2-4-14(16)5-3-12/h2-5,13H,6-10H2,1H3,(H,17,20). The lowest BCUT2D eigenvalue weighted by molar-refractivity contribution is -0.128. The number of likely N-dealkylation sites (tertiary alicyclic amines) is 1. The molecule has 0 aromatic heterocycles. The van der Waals surface area contributed by atoms with Crippen LogP contribution in [0.2, 0.25) is 5.02 Å². The molecule has 1 aliphatic rings. The molecule has 2 rings (SSSR count). The molecule has 1 aromatic carbocycles. The third-order valence-corrected chi connectivity index (χ3v) is 3.88. The van der Waals surface area contributed by atoms with Crippen LogP contribution in [0.25, 0.3) is 0 Å². The van der Waals surface area contributed by atoms with E-state index >= 15 is 0 Å². The van der Waals surface area contributed by atoms with Gasteiger partial charge >= 0.3 is 0 Å². The number of carbonyl (C=O) groups excluding carboxylic acids is 2.